The first-order valence-electron chi connectivity index (χ1n) is 9.57. The summed E-state index contributed by atoms with van der Waals surface area (Å²) in [6, 6.07) is 11.4. The Morgan fingerprint density at radius 1 is 1.20 bits per heavy atom. The van der Waals surface area contributed by atoms with Gasteiger partial charge < -0.3 is 14.6 Å². The van der Waals surface area contributed by atoms with Crippen molar-refractivity contribution in [3.63, 3.8) is 0 Å². The van der Waals surface area contributed by atoms with Crippen LogP contribution in [0.2, 0.25) is 0 Å². The van der Waals surface area contributed by atoms with Gasteiger partial charge in [-0.2, -0.15) is 0 Å². The van der Waals surface area contributed by atoms with Gasteiger partial charge in [0.2, 0.25) is 0 Å². The van der Waals surface area contributed by atoms with Gasteiger partial charge in [-0.15, -0.1) is 0 Å². The topological polar surface area (TPSA) is 116 Å². The highest BCUT2D eigenvalue weighted by Gasteiger charge is 2.18. The minimum atomic E-state index is -0.710. The number of nitrogens with zero attached hydrogens (tertiary/aromatic N) is 3. The van der Waals surface area contributed by atoms with Gasteiger partial charge >= 0.3 is 5.97 Å². The molecule has 156 valence electrons. The second kappa shape index (κ2) is 9.17. The normalized spacial score (nSPS) is 10.7. The number of rotatable bonds is 8. The Labute approximate surface area is 172 Å². The Kier molecular flexibility index (Phi) is 6.41. The summed E-state index contributed by atoms with van der Waals surface area (Å²) in [7, 11) is 0. The number of nitro benzene ring substituents is 1. The molecule has 3 aromatic rings. The molecule has 9 nitrogen and oxygen atoms in total. The zero-order chi connectivity index (χ0) is 21.7. The lowest BCUT2D eigenvalue weighted by Crippen LogP contribution is -2.25. The number of ether oxygens (including phenoxy) is 1. The number of aryl methyl sites for hydroxylation is 2. The van der Waals surface area contributed by atoms with Gasteiger partial charge in [-0.05, 0) is 38.5 Å². The van der Waals surface area contributed by atoms with E-state index < -0.39 is 16.8 Å². The molecule has 0 unspecified atom stereocenters. The van der Waals surface area contributed by atoms with E-state index in [1.165, 1.54) is 6.07 Å². The summed E-state index contributed by atoms with van der Waals surface area (Å²) in [6.07, 6.45) is 0.645. The van der Waals surface area contributed by atoms with Crippen LogP contribution in [0.15, 0.2) is 42.5 Å². The Bertz CT molecular complexity index is 1110. The maximum absolute atomic E-state index is 12.5. The van der Waals surface area contributed by atoms with Crippen molar-refractivity contribution in [2.45, 2.75) is 26.8 Å². The van der Waals surface area contributed by atoms with Crippen molar-refractivity contribution < 1.29 is 19.2 Å². The van der Waals surface area contributed by atoms with Crippen LogP contribution in [0.1, 0.15) is 39.9 Å². The molecule has 9 heteroatoms. The molecule has 0 saturated carbocycles. The van der Waals surface area contributed by atoms with Crippen molar-refractivity contribution in [1.82, 2.24) is 14.9 Å². The summed E-state index contributed by atoms with van der Waals surface area (Å²) in [4.78, 5) is 39.4. The maximum Gasteiger partial charge on any atom is 0.338 e. The lowest BCUT2D eigenvalue weighted by molar-refractivity contribution is -0.384. The molecule has 1 N–H and O–H groups in total. The molecule has 0 bridgehead atoms. The number of carbonyl (C=O) groups excluding carboxylic acids is 2. The number of non-ortho nitro benzene ring substituents is 1. The van der Waals surface area contributed by atoms with Crippen molar-refractivity contribution in [3.8, 4) is 0 Å². The number of para-hydroxylation sites is 2. The van der Waals surface area contributed by atoms with Gasteiger partial charge in [0, 0.05) is 30.8 Å². The summed E-state index contributed by atoms with van der Waals surface area (Å²) in [5.41, 5.74) is 1.61. The predicted molar refractivity (Wildman–Crippen MR) is 110 cm³/mol. The lowest BCUT2D eigenvalue weighted by Gasteiger charge is -2.09. The molecule has 0 saturated heterocycles. The van der Waals surface area contributed by atoms with Gasteiger partial charge in [0.1, 0.15) is 5.82 Å². The van der Waals surface area contributed by atoms with Crippen LogP contribution in [-0.2, 0) is 11.3 Å². The highest BCUT2D eigenvalue weighted by molar-refractivity contribution is 5.99. The van der Waals surface area contributed by atoms with Crippen LogP contribution in [0.25, 0.3) is 11.0 Å². The van der Waals surface area contributed by atoms with Crippen LogP contribution < -0.4 is 5.32 Å². The first-order chi connectivity index (χ1) is 14.4. The molecule has 1 heterocycles. The Morgan fingerprint density at radius 2 is 1.93 bits per heavy atom. The average Bonchev–Trinajstić information content (AvgIpc) is 3.05. The highest BCUT2D eigenvalue weighted by Crippen LogP contribution is 2.19. The number of hydrogen-bond donors (Lipinski definition) is 1. The van der Waals surface area contributed by atoms with E-state index in [0.29, 0.717) is 19.5 Å². The molecule has 0 atom stereocenters. The van der Waals surface area contributed by atoms with Crippen molar-refractivity contribution >= 4 is 28.6 Å². The van der Waals surface area contributed by atoms with Gasteiger partial charge in [0.15, 0.2) is 0 Å². The smallest absolute Gasteiger partial charge is 0.338 e. The van der Waals surface area contributed by atoms with Crippen molar-refractivity contribution in [2.75, 3.05) is 13.2 Å². The fourth-order valence-corrected chi connectivity index (χ4v) is 3.20. The fraction of sp³-hybridized carbons (Fsp3) is 0.286. The Balaban J connectivity index is 1.66. The largest absolute Gasteiger partial charge is 0.462 e. The molecular weight excluding hydrogens is 388 g/mol. The fourth-order valence-electron chi connectivity index (χ4n) is 3.20. The number of esters is 1. The SMILES string of the molecule is CCOC(=O)c1cc(C(=O)NCCCn2c(C)nc3ccccc32)cc([N+](=O)[O-])c1. The first-order valence-corrected chi connectivity index (χ1v) is 9.57. The van der Waals surface area contributed by atoms with E-state index in [1.807, 2.05) is 31.2 Å². The van der Waals surface area contributed by atoms with Crippen LogP contribution in [0.5, 0.6) is 0 Å². The van der Waals surface area contributed by atoms with Gasteiger partial charge in [-0.3, -0.25) is 14.9 Å². The Morgan fingerprint density at radius 3 is 2.67 bits per heavy atom. The van der Waals surface area contributed by atoms with Crippen molar-refractivity contribution in [2.24, 2.45) is 0 Å². The number of carbonyl (C=O) groups is 2. The first kappa shape index (κ1) is 21.0. The summed E-state index contributed by atoms with van der Waals surface area (Å²) in [5.74, 6) is -0.311. The minimum absolute atomic E-state index is 0.0308. The van der Waals surface area contributed by atoms with Crippen LogP contribution in [-0.4, -0.2) is 39.5 Å². The molecule has 0 aliphatic rings. The Hall–Kier alpha value is -3.75. The molecular formula is C21H22N4O5. The lowest BCUT2D eigenvalue weighted by atomic mass is 10.1. The molecule has 30 heavy (non-hydrogen) atoms. The molecule has 0 aliphatic carbocycles. The third-order valence-electron chi connectivity index (χ3n) is 4.59. The molecule has 0 radical (unpaired) electrons. The zero-order valence-electron chi connectivity index (χ0n) is 16.8. The summed E-state index contributed by atoms with van der Waals surface area (Å²) >= 11 is 0. The molecule has 1 amide bonds. The third-order valence-corrected chi connectivity index (χ3v) is 4.59. The average molecular weight is 410 g/mol. The summed E-state index contributed by atoms with van der Waals surface area (Å²) in [6.45, 7) is 4.72. The van der Waals surface area contributed by atoms with E-state index >= 15 is 0 Å². The monoisotopic (exact) mass is 410 g/mol. The quantitative estimate of drug-likeness (QED) is 0.264. The number of benzene rings is 2. The number of nitrogens with one attached hydrogen (secondary N) is 1. The second-order valence-corrected chi connectivity index (χ2v) is 6.65. The van der Waals surface area contributed by atoms with Gasteiger partial charge in [-0.25, -0.2) is 9.78 Å². The minimum Gasteiger partial charge on any atom is -0.462 e. The molecule has 2 aromatic carbocycles. The number of hydrogen-bond acceptors (Lipinski definition) is 6. The molecule has 0 spiro atoms. The molecule has 0 fully saturated rings. The van der Waals surface area contributed by atoms with Crippen molar-refractivity contribution in [1.29, 1.82) is 0 Å². The number of aromatic nitrogens is 2. The van der Waals surface area contributed by atoms with Crippen LogP contribution >= 0.6 is 0 Å². The highest BCUT2D eigenvalue weighted by atomic mass is 16.6. The number of nitro groups is 1. The second-order valence-electron chi connectivity index (χ2n) is 6.65. The van der Waals surface area contributed by atoms with E-state index in [4.69, 9.17) is 4.74 Å². The van der Waals surface area contributed by atoms with Gasteiger partial charge in [0.05, 0.1) is 28.1 Å². The molecule has 1 aromatic heterocycles. The maximum atomic E-state index is 12.5. The van der Waals surface area contributed by atoms with E-state index in [-0.39, 0.29) is 23.4 Å². The standard InChI is InChI=1S/C21H22N4O5/c1-3-30-21(27)16-11-15(12-17(13-16)25(28)29)20(26)22-9-6-10-24-14(2)23-18-7-4-5-8-19(18)24/h4-5,7-8,11-13H,3,6,9-10H2,1-2H3,(H,22,26). The van der Waals surface area contributed by atoms with Crippen LogP contribution in [0, 0.1) is 17.0 Å². The zero-order valence-corrected chi connectivity index (χ0v) is 16.8. The number of imidazole rings is 1. The molecule has 0 aliphatic heterocycles. The van der Waals surface area contributed by atoms with E-state index in [1.54, 1.807) is 6.92 Å². The predicted octanol–water partition coefficient (Wildman–Crippen LogP) is 3.25. The summed E-state index contributed by atoms with van der Waals surface area (Å²) < 4.78 is 6.96. The third kappa shape index (κ3) is 4.62. The molecule has 3 rings (SSSR count). The van der Waals surface area contributed by atoms with E-state index in [2.05, 4.69) is 14.9 Å². The number of amides is 1. The van der Waals surface area contributed by atoms with E-state index in [0.717, 1.165) is 29.0 Å². The van der Waals surface area contributed by atoms with Gasteiger partial charge in [0.25, 0.3) is 11.6 Å². The number of fused-ring (bicyclic) bond motifs is 1. The van der Waals surface area contributed by atoms with Crippen LogP contribution in [0.4, 0.5) is 5.69 Å². The van der Waals surface area contributed by atoms with Gasteiger partial charge in [-0.1, -0.05) is 12.1 Å². The van der Waals surface area contributed by atoms with Crippen LogP contribution in [0.3, 0.4) is 0 Å². The summed E-state index contributed by atoms with van der Waals surface area (Å²) in [5, 5.41) is 13.9. The van der Waals surface area contributed by atoms with Crippen molar-refractivity contribution in [3.05, 3.63) is 69.5 Å². The van der Waals surface area contributed by atoms with E-state index in [9.17, 15) is 19.7 Å².